The number of anilines is 2. The quantitative estimate of drug-likeness (QED) is 0.432. The number of H-pyrrole nitrogens is 2. The van der Waals surface area contributed by atoms with Gasteiger partial charge in [0.05, 0.1) is 22.5 Å². The Hall–Kier alpha value is -4.34. The van der Waals surface area contributed by atoms with Crippen molar-refractivity contribution in [3.8, 4) is 0 Å². The summed E-state index contributed by atoms with van der Waals surface area (Å²) < 4.78 is 10.7. The Labute approximate surface area is 193 Å². The van der Waals surface area contributed by atoms with Gasteiger partial charge in [-0.1, -0.05) is 24.3 Å². The molecular weight excluding hydrogens is 436 g/mol. The summed E-state index contributed by atoms with van der Waals surface area (Å²) in [5, 5.41) is 21.3. The second kappa shape index (κ2) is 6.60. The molecule has 0 radical (unpaired) electrons. The number of benzene rings is 1. The standard InChI is InChI=1S/C24H20N6O4/c1-9-15-17(19-13(7-33-23(19)31)25-21(15)29-27-9)11-3-5-12(6-4-11)18-16-10(2)28-30-22(16)26-14-8-34-24(32)20(14)18/h3-6,17-18H,7-8H2,1-2H3,(H2,25,27,29)(H2,26,28,30)/t17-,18-/m0/s1. The number of aromatic amines is 2. The van der Waals surface area contributed by atoms with Gasteiger partial charge in [-0.3, -0.25) is 10.2 Å². The van der Waals surface area contributed by atoms with Gasteiger partial charge in [0.25, 0.3) is 0 Å². The van der Waals surface area contributed by atoms with Crippen molar-refractivity contribution in [2.75, 3.05) is 23.8 Å². The van der Waals surface area contributed by atoms with Crippen LogP contribution in [0.1, 0.15) is 45.5 Å². The molecule has 0 saturated carbocycles. The Morgan fingerprint density at radius 3 is 1.56 bits per heavy atom. The van der Waals surface area contributed by atoms with Crippen molar-refractivity contribution in [3.05, 3.63) is 80.4 Å². The highest BCUT2D eigenvalue weighted by Crippen LogP contribution is 2.47. The average molecular weight is 456 g/mol. The predicted molar refractivity (Wildman–Crippen MR) is 120 cm³/mol. The molecule has 0 fully saturated rings. The topological polar surface area (TPSA) is 134 Å². The molecule has 6 heterocycles. The third kappa shape index (κ3) is 2.45. The van der Waals surface area contributed by atoms with Gasteiger partial charge in [0, 0.05) is 34.4 Å². The molecule has 4 aliphatic heterocycles. The molecule has 1 aromatic carbocycles. The van der Waals surface area contributed by atoms with Gasteiger partial charge in [-0.15, -0.1) is 0 Å². The molecule has 4 aliphatic rings. The predicted octanol–water partition coefficient (Wildman–Crippen LogP) is 2.49. The van der Waals surface area contributed by atoms with Crippen molar-refractivity contribution in [1.82, 2.24) is 20.4 Å². The van der Waals surface area contributed by atoms with Crippen LogP contribution in [0.25, 0.3) is 0 Å². The minimum Gasteiger partial charge on any atom is -0.456 e. The van der Waals surface area contributed by atoms with Gasteiger partial charge < -0.3 is 20.1 Å². The second-order valence-electron chi connectivity index (χ2n) is 8.94. The van der Waals surface area contributed by atoms with Crippen molar-refractivity contribution >= 4 is 23.6 Å². The van der Waals surface area contributed by atoms with E-state index in [1.807, 2.05) is 38.1 Å². The number of ether oxygens (including phenoxy) is 2. The first-order chi connectivity index (χ1) is 16.5. The molecule has 0 spiro atoms. The first-order valence-corrected chi connectivity index (χ1v) is 11.0. The Morgan fingerprint density at radius 1 is 0.735 bits per heavy atom. The Morgan fingerprint density at radius 2 is 1.15 bits per heavy atom. The van der Waals surface area contributed by atoms with E-state index in [2.05, 4.69) is 31.0 Å². The van der Waals surface area contributed by atoms with E-state index in [1.165, 1.54) is 0 Å². The molecule has 0 amide bonds. The number of fused-ring (bicyclic) bond motifs is 2. The van der Waals surface area contributed by atoms with E-state index in [1.54, 1.807) is 0 Å². The maximum atomic E-state index is 12.6. The fourth-order valence-corrected chi connectivity index (χ4v) is 5.52. The van der Waals surface area contributed by atoms with E-state index in [4.69, 9.17) is 9.47 Å². The monoisotopic (exact) mass is 456 g/mol. The summed E-state index contributed by atoms with van der Waals surface area (Å²) in [5.74, 6) is 0.207. The van der Waals surface area contributed by atoms with Crippen molar-refractivity contribution < 1.29 is 19.1 Å². The van der Waals surface area contributed by atoms with Crippen LogP contribution in [0.15, 0.2) is 46.8 Å². The summed E-state index contributed by atoms with van der Waals surface area (Å²) >= 11 is 0. The van der Waals surface area contributed by atoms with Gasteiger partial charge in [-0.25, -0.2) is 9.59 Å². The lowest BCUT2D eigenvalue weighted by molar-refractivity contribution is -0.137. The van der Waals surface area contributed by atoms with Crippen LogP contribution in [-0.4, -0.2) is 45.5 Å². The maximum Gasteiger partial charge on any atom is 0.337 e. The number of carbonyl (C=O) groups is 2. The minimum atomic E-state index is -0.316. The number of carbonyl (C=O) groups excluding carboxylic acids is 2. The van der Waals surface area contributed by atoms with Gasteiger partial charge >= 0.3 is 11.9 Å². The first-order valence-electron chi connectivity index (χ1n) is 11.0. The minimum absolute atomic E-state index is 0.213. The number of rotatable bonds is 2. The molecule has 34 heavy (non-hydrogen) atoms. The van der Waals surface area contributed by atoms with Crippen molar-refractivity contribution in [1.29, 1.82) is 0 Å². The van der Waals surface area contributed by atoms with E-state index in [0.717, 1.165) is 45.0 Å². The van der Waals surface area contributed by atoms with E-state index >= 15 is 0 Å². The Balaban J connectivity index is 1.35. The van der Waals surface area contributed by atoms with E-state index in [9.17, 15) is 9.59 Å². The molecule has 0 aliphatic carbocycles. The number of aromatic nitrogens is 4. The van der Waals surface area contributed by atoms with Gasteiger partial charge in [0.1, 0.15) is 13.2 Å². The summed E-state index contributed by atoms with van der Waals surface area (Å²) in [6.45, 7) is 4.31. The number of hydrogen-bond donors (Lipinski definition) is 4. The number of cyclic esters (lactones) is 2. The lowest BCUT2D eigenvalue weighted by atomic mass is 9.79. The third-order valence-electron chi connectivity index (χ3n) is 7.07. The lowest BCUT2D eigenvalue weighted by Gasteiger charge is -2.26. The van der Waals surface area contributed by atoms with Gasteiger partial charge in [0.2, 0.25) is 0 Å². The van der Waals surface area contributed by atoms with Gasteiger partial charge in [-0.05, 0) is 25.0 Å². The van der Waals surface area contributed by atoms with Crippen molar-refractivity contribution in [2.45, 2.75) is 25.7 Å². The first kappa shape index (κ1) is 19.2. The normalized spacial score (nSPS) is 22.4. The zero-order chi connectivity index (χ0) is 23.1. The van der Waals surface area contributed by atoms with Crippen LogP contribution in [0.5, 0.6) is 0 Å². The number of nitrogens with one attached hydrogen (secondary N) is 4. The fourth-order valence-electron chi connectivity index (χ4n) is 5.52. The molecule has 10 nitrogen and oxygen atoms in total. The molecule has 0 saturated heterocycles. The maximum absolute atomic E-state index is 12.6. The third-order valence-corrected chi connectivity index (χ3v) is 7.07. The van der Waals surface area contributed by atoms with E-state index in [-0.39, 0.29) is 37.0 Å². The van der Waals surface area contributed by atoms with Crippen LogP contribution in [0.3, 0.4) is 0 Å². The number of nitrogens with zero attached hydrogens (tertiary/aromatic N) is 2. The largest absolute Gasteiger partial charge is 0.456 e. The zero-order valence-corrected chi connectivity index (χ0v) is 18.4. The van der Waals surface area contributed by atoms with Crippen LogP contribution >= 0.6 is 0 Å². The van der Waals surface area contributed by atoms with Crippen LogP contribution in [-0.2, 0) is 19.1 Å². The Kier molecular flexibility index (Phi) is 3.72. The van der Waals surface area contributed by atoms with Crippen LogP contribution in [0.2, 0.25) is 0 Å². The molecule has 3 aromatic rings. The van der Waals surface area contributed by atoms with Crippen LogP contribution < -0.4 is 10.6 Å². The highest BCUT2D eigenvalue weighted by molar-refractivity contribution is 5.98. The summed E-state index contributed by atoms with van der Waals surface area (Å²) in [4.78, 5) is 25.3. The smallest absolute Gasteiger partial charge is 0.337 e. The molecular formula is C24H20N6O4. The highest BCUT2D eigenvalue weighted by Gasteiger charge is 2.42. The zero-order valence-electron chi connectivity index (χ0n) is 18.4. The lowest BCUT2D eigenvalue weighted by Crippen LogP contribution is -2.21. The Bertz CT molecular complexity index is 1360. The molecule has 0 unspecified atom stereocenters. The SMILES string of the molecule is Cc1[nH]nc2c1[C@H](c1ccc([C@@H]3C4=C(COC4=O)Nc4n[nH]c(C)c43)cc1)C1=C(COC1=O)N2. The van der Waals surface area contributed by atoms with E-state index in [0.29, 0.717) is 22.8 Å². The van der Waals surface area contributed by atoms with Crippen molar-refractivity contribution in [2.24, 2.45) is 0 Å². The number of aryl methyl sites for hydroxylation is 2. The van der Waals surface area contributed by atoms with Crippen molar-refractivity contribution in [3.63, 3.8) is 0 Å². The molecule has 2 aromatic heterocycles. The van der Waals surface area contributed by atoms with Crippen LogP contribution in [0, 0.1) is 13.8 Å². The molecule has 10 heteroatoms. The molecule has 0 bridgehead atoms. The molecule has 4 N–H and O–H groups in total. The van der Waals surface area contributed by atoms with Gasteiger partial charge in [-0.2, -0.15) is 10.2 Å². The summed E-state index contributed by atoms with van der Waals surface area (Å²) in [5.41, 5.74) is 8.28. The van der Waals surface area contributed by atoms with Crippen LogP contribution in [0.4, 0.5) is 11.6 Å². The average Bonchev–Trinajstić information content (AvgIpc) is 3.60. The fraction of sp³-hybridized carbons (Fsp3) is 0.250. The summed E-state index contributed by atoms with van der Waals surface area (Å²) in [7, 11) is 0. The number of hydrogen-bond acceptors (Lipinski definition) is 8. The van der Waals surface area contributed by atoms with Gasteiger partial charge in [0.15, 0.2) is 11.6 Å². The summed E-state index contributed by atoms with van der Waals surface area (Å²) in [6, 6.07) is 8.04. The van der Waals surface area contributed by atoms with E-state index < -0.39 is 0 Å². The molecule has 7 rings (SSSR count). The molecule has 2 atom stereocenters. The molecule has 170 valence electrons. The highest BCUT2D eigenvalue weighted by atomic mass is 16.5. The number of esters is 2. The summed E-state index contributed by atoms with van der Waals surface area (Å²) in [6.07, 6.45) is 0. The second-order valence-corrected chi connectivity index (χ2v) is 8.94.